The molecule has 2 aromatic carbocycles. The number of nitrogens with one attached hydrogen (secondary N) is 1. The van der Waals surface area contributed by atoms with Crippen LogP contribution in [0.2, 0.25) is 0 Å². The Morgan fingerprint density at radius 2 is 1.73 bits per heavy atom. The molecule has 1 unspecified atom stereocenters. The topological polar surface area (TPSA) is 95.3 Å². The zero-order valence-electron chi connectivity index (χ0n) is 16.6. The normalized spacial score (nSPS) is 11.9. The Hall–Kier alpha value is -3.93. The predicted octanol–water partition coefficient (Wildman–Crippen LogP) is 4.85. The van der Waals surface area contributed by atoms with Gasteiger partial charge in [0.15, 0.2) is 0 Å². The van der Waals surface area contributed by atoms with Gasteiger partial charge in [-0.05, 0) is 55.3 Å². The summed E-state index contributed by atoms with van der Waals surface area (Å²) >= 11 is 0. The molecular weight excluding hydrogens is 378 g/mol. The van der Waals surface area contributed by atoms with Gasteiger partial charge in [-0.2, -0.15) is 0 Å². The van der Waals surface area contributed by atoms with E-state index in [1.807, 2.05) is 50.2 Å². The summed E-state index contributed by atoms with van der Waals surface area (Å²) in [6.07, 6.45) is 1.72. The smallest absolute Gasteiger partial charge is 0.335 e. The molecule has 150 valence electrons. The minimum absolute atomic E-state index is 0.0867. The second-order valence-electron chi connectivity index (χ2n) is 7.25. The largest absolute Gasteiger partial charge is 0.505 e. The number of carboxylic acids is 1. The maximum absolute atomic E-state index is 11.2. The van der Waals surface area contributed by atoms with Gasteiger partial charge in [-0.15, -0.1) is 0 Å². The molecule has 6 nitrogen and oxygen atoms in total. The maximum atomic E-state index is 11.2. The molecule has 2 aromatic heterocycles. The summed E-state index contributed by atoms with van der Waals surface area (Å²) in [4.78, 5) is 20.1. The Morgan fingerprint density at radius 1 is 1.00 bits per heavy atom. The number of benzene rings is 2. The molecule has 4 rings (SSSR count). The van der Waals surface area contributed by atoms with Crippen molar-refractivity contribution in [1.29, 1.82) is 0 Å². The van der Waals surface area contributed by atoms with Crippen molar-refractivity contribution < 1.29 is 15.0 Å². The van der Waals surface area contributed by atoms with Crippen molar-refractivity contribution in [2.75, 3.05) is 5.32 Å². The third-order valence-electron chi connectivity index (χ3n) is 5.02. The van der Waals surface area contributed by atoms with Crippen LogP contribution in [-0.4, -0.2) is 26.2 Å². The van der Waals surface area contributed by atoms with Gasteiger partial charge >= 0.3 is 5.97 Å². The zero-order chi connectivity index (χ0) is 21.3. The fourth-order valence-electron chi connectivity index (χ4n) is 3.44. The van der Waals surface area contributed by atoms with Crippen LogP contribution in [0.1, 0.15) is 38.8 Å². The highest BCUT2D eigenvalue weighted by molar-refractivity contribution is 5.88. The monoisotopic (exact) mass is 399 g/mol. The van der Waals surface area contributed by atoms with E-state index < -0.39 is 12.0 Å². The predicted molar refractivity (Wildman–Crippen MR) is 116 cm³/mol. The number of hydrogen-bond donors (Lipinski definition) is 3. The first-order valence-electron chi connectivity index (χ1n) is 9.54. The van der Waals surface area contributed by atoms with Gasteiger partial charge < -0.3 is 15.5 Å². The van der Waals surface area contributed by atoms with E-state index in [1.165, 1.54) is 0 Å². The van der Waals surface area contributed by atoms with E-state index in [-0.39, 0.29) is 11.3 Å². The van der Waals surface area contributed by atoms with E-state index >= 15 is 0 Å². The highest BCUT2D eigenvalue weighted by Gasteiger charge is 2.21. The summed E-state index contributed by atoms with van der Waals surface area (Å²) in [5.74, 6) is -0.248. The number of aromatic nitrogens is 2. The van der Waals surface area contributed by atoms with E-state index in [0.29, 0.717) is 16.9 Å². The molecule has 0 amide bonds. The van der Waals surface area contributed by atoms with Crippen LogP contribution in [0.5, 0.6) is 5.75 Å². The molecule has 0 spiro atoms. The van der Waals surface area contributed by atoms with Crippen molar-refractivity contribution in [2.24, 2.45) is 0 Å². The number of carbonyl (C=O) groups is 1. The Labute approximate surface area is 173 Å². The van der Waals surface area contributed by atoms with E-state index in [1.54, 1.807) is 30.5 Å². The molecule has 0 saturated carbocycles. The molecule has 0 aliphatic heterocycles. The summed E-state index contributed by atoms with van der Waals surface area (Å²) in [5.41, 5.74) is 4.01. The van der Waals surface area contributed by atoms with Gasteiger partial charge in [0.2, 0.25) is 0 Å². The minimum Gasteiger partial charge on any atom is -0.505 e. The first kappa shape index (κ1) is 19.4. The lowest BCUT2D eigenvalue weighted by Crippen LogP contribution is -2.14. The molecule has 0 bridgehead atoms. The van der Waals surface area contributed by atoms with E-state index in [0.717, 1.165) is 22.2 Å². The van der Waals surface area contributed by atoms with Crippen molar-refractivity contribution in [3.8, 4) is 5.75 Å². The van der Waals surface area contributed by atoms with Gasteiger partial charge in [0.25, 0.3) is 0 Å². The fourth-order valence-corrected chi connectivity index (χ4v) is 3.44. The van der Waals surface area contributed by atoms with E-state index in [9.17, 15) is 15.0 Å². The van der Waals surface area contributed by atoms with Gasteiger partial charge in [-0.3, -0.25) is 0 Å². The molecule has 0 radical (unpaired) electrons. The summed E-state index contributed by atoms with van der Waals surface area (Å²) < 4.78 is 0. The number of aryl methyl sites for hydroxylation is 2. The number of rotatable bonds is 5. The first-order chi connectivity index (χ1) is 14.4. The number of carboxylic acid groups (broad SMARTS) is 1. The van der Waals surface area contributed by atoms with E-state index in [2.05, 4.69) is 15.3 Å². The minimum atomic E-state index is -0.986. The van der Waals surface area contributed by atoms with Gasteiger partial charge in [0, 0.05) is 22.8 Å². The molecule has 4 aromatic rings. The number of hydrogen-bond acceptors (Lipinski definition) is 5. The number of aromatic carboxylic acids is 1. The number of anilines is 1. The van der Waals surface area contributed by atoms with Crippen molar-refractivity contribution in [1.82, 2.24) is 9.97 Å². The second-order valence-corrected chi connectivity index (χ2v) is 7.25. The summed E-state index contributed by atoms with van der Waals surface area (Å²) in [7, 11) is 0. The van der Waals surface area contributed by atoms with Crippen LogP contribution < -0.4 is 5.32 Å². The Balaban J connectivity index is 1.85. The Morgan fingerprint density at radius 3 is 2.43 bits per heavy atom. The highest BCUT2D eigenvalue weighted by Crippen LogP contribution is 2.36. The summed E-state index contributed by atoms with van der Waals surface area (Å²) in [6, 6.07) is 17.6. The molecular formula is C24H21N3O3. The highest BCUT2D eigenvalue weighted by atomic mass is 16.4. The lowest BCUT2D eigenvalue weighted by Gasteiger charge is -2.22. The zero-order valence-corrected chi connectivity index (χ0v) is 16.6. The first-order valence-corrected chi connectivity index (χ1v) is 9.54. The van der Waals surface area contributed by atoms with Crippen LogP contribution in [0, 0.1) is 13.8 Å². The number of aromatic hydroxyl groups is 1. The molecule has 6 heteroatoms. The van der Waals surface area contributed by atoms with Crippen LogP contribution in [0.25, 0.3) is 10.9 Å². The van der Waals surface area contributed by atoms with Crippen molar-refractivity contribution in [2.45, 2.75) is 19.9 Å². The molecule has 0 aliphatic carbocycles. The quantitative estimate of drug-likeness (QED) is 0.444. The van der Waals surface area contributed by atoms with Gasteiger partial charge in [0.1, 0.15) is 17.1 Å². The lowest BCUT2D eigenvalue weighted by molar-refractivity contribution is 0.0697. The van der Waals surface area contributed by atoms with Crippen molar-refractivity contribution >= 4 is 22.7 Å². The van der Waals surface area contributed by atoms with Gasteiger partial charge in [0.05, 0.1) is 11.6 Å². The summed E-state index contributed by atoms with van der Waals surface area (Å²) in [5, 5.41) is 24.5. The van der Waals surface area contributed by atoms with Crippen molar-refractivity contribution in [3.63, 3.8) is 0 Å². The molecule has 30 heavy (non-hydrogen) atoms. The second kappa shape index (κ2) is 7.83. The third kappa shape index (κ3) is 3.80. The Bertz CT molecular complexity index is 1240. The fraction of sp³-hybridized carbons (Fsp3) is 0.125. The van der Waals surface area contributed by atoms with E-state index in [4.69, 9.17) is 0 Å². The summed E-state index contributed by atoms with van der Waals surface area (Å²) in [6.45, 7) is 3.85. The lowest BCUT2D eigenvalue weighted by atomic mass is 9.95. The van der Waals surface area contributed by atoms with Crippen molar-refractivity contribution in [3.05, 3.63) is 94.8 Å². The number of phenols is 1. The van der Waals surface area contributed by atoms with Crippen LogP contribution >= 0.6 is 0 Å². The SMILES string of the molecule is Cc1ccnc(NC(c2ccc(C(=O)O)cc2)c2ccc3ccc(C)nc3c2O)c1. The number of fused-ring (bicyclic) bond motifs is 1. The third-order valence-corrected chi connectivity index (χ3v) is 5.02. The number of nitrogens with zero attached hydrogens (tertiary/aromatic N) is 2. The molecule has 0 saturated heterocycles. The molecule has 0 aliphatic rings. The average molecular weight is 399 g/mol. The van der Waals surface area contributed by atoms with Crippen LogP contribution in [0.4, 0.5) is 5.82 Å². The molecule has 0 fully saturated rings. The molecule has 2 heterocycles. The van der Waals surface area contributed by atoms with Gasteiger partial charge in [-0.25, -0.2) is 14.8 Å². The average Bonchev–Trinajstić information content (AvgIpc) is 2.73. The van der Waals surface area contributed by atoms with Crippen LogP contribution in [0.15, 0.2) is 66.9 Å². The standard InChI is InChI=1S/C24H21N3O3/c1-14-11-12-25-20(13-14)27-21(16-5-7-18(8-6-16)24(29)30)19-10-9-17-4-3-15(2)26-22(17)23(19)28/h3-13,21,28H,1-2H3,(H,25,27)(H,29,30). The molecule has 3 N–H and O–H groups in total. The number of phenolic OH excluding ortho intramolecular Hbond substituents is 1. The molecule has 1 atom stereocenters. The van der Waals surface area contributed by atoms with Gasteiger partial charge in [-0.1, -0.05) is 30.3 Å². The maximum Gasteiger partial charge on any atom is 0.335 e. The Kier molecular flexibility index (Phi) is 5.06. The number of pyridine rings is 2. The van der Waals surface area contributed by atoms with Crippen LogP contribution in [0.3, 0.4) is 0 Å². The van der Waals surface area contributed by atoms with Crippen LogP contribution in [-0.2, 0) is 0 Å².